The Morgan fingerprint density at radius 2 is 2.10 bits per heavy atom. The van der Waals surface area contributed by atoms with Gasteiger partial charge < -0.3 is 9.64 Å². The first kappa shape index (κ1) is 19.6. The van der Waals surface area contributed by atoms with Gasteiger partial charge in [-0.1, -0.05) is 35.5 Å². The van der Waals surface area contributed by atoms with E-state index in [0.717, 1.165) is 21.7 Å². The van der Waals surface area contributed by atoms with Crippen molar-refractivity contribution >= 4 is 56.7 Å². The Morgan fingerprint density at radius 1 is 1.30 bits per heavy atom. The quantitative estimate of drug-likeness (QED) is 0.540. The predicted molar refractivity (Wildman–Crippen MR) is 119 cm³/mol. The second-order valence-electron chi connectivity index (χ2n) is 6.91. The summed E-state index contributed by atoms with van der Waals surface area (Å²) in [6.07, 6.45) is 0.281. The number of halogens is 1. The molecule has 30 heavy (non-hydrogen) atoms. The standard InChI is InChI=1S/C20H17ClN4O3S2/c1-2-28-20(27)24-8-7-13-15(9-24)30-17-16(13)18(26)25-19(22-17)29-10-14(23-25)11-3-5-12(21)6-4-11/h3-6H,2,7-10H2,1H3. The summed E-state index contributed by atoms with van der Waals surface area (Å²) in [5.41, 5.74) is 2.56. The number of hydrogen-bond acceptors (Lipinski definition) is 7. The largest absolute Gasteiger partial charge is 0.450 e. The number of benzene rings is 1. The molecule has 2 aliphatic heterocycles. The van der Waals surface area contributed by atoms with Crippen molar-refractivity contribution in [2.45, 2.75) is 25.0 Å². The fourth-order valence-electron chi connectivity index (χ4n) is 3.63. The van der Waals surface area contributed by atoms with Crippen molar-refractivity contribution in [2.24, 2.45) is 5.10 Å². The van der Waals surface area contributed by atoms with E-state index in [9.17, 15) is 9.59 Å². The molecule has 0 saturated heterocycles. The number of thioether (sulfide) groups is 1. The van der Waals surface area contributed by atoms with E-state index in [-0.39, 0.29) is 11.7 Å². The SMILES string of the molecule is CCOC(=O)N1CCc2c(sc3nc4n(c(=O)c23)N=C(c2ccc(Cl)cc2)CS4)C1. The maximum Gasteiger partial charge on any atom is 0.410 e. The van der Waals surface area contributed by atoms with Crippen LogP contribution in [0.15, 0.2) is 39.3 Å². The smallest absolute Gasteiger partial charge is 0.410 e. The van der Waals surface area contributed by atoms with Crippen LogP contribution in [0.3, 0.4) is 0 Å². The number of carbonyl (C=O) groups excluding carboxylic acids is 1. The zero-order valence-electron chi connectivity index (χ0n) is 16.1. The Hall–Kier alpha value is -2.36. The van der Waals surface area contributed by atoms with Crippen LogP contribution in [-0.2, 0) is 17.7 Å². The van der Waals surface area contributed by atoms with E-state index >= 15 is 0 Å². The third kappa shape index (κ3) is 3.30. The van der Waals surface area contributed by atoms with Crippen LogP contribution in [0.25, 0.3) is 10.2 Å². The first-order valence-electron chi connectivity index (χ1n) is 9.50. The van der Waals surface area contributed by atoms with E-state index in [1.54, 1.807) is 11.8 Å². The Kier molecular flexibility index (Phi) is 5.04. The lowest BCUT2D eigenvalue weighted by Gasteiger charge is -2.25. The van der Waals surface area contributed by atoms with Crippen LogP contribution in [0, 0.1) is 0 Å². The number of aromatic nitrogens is 2. The number of hydrogen-bond donors (Lipinski definition) is 0. The Bertz CT molecular complexity index is 1250. The van der Waals surface area contributed by atoms with Gasteiger partial charge in [0.15, 0.2) is 5.16 Å². The normalized spacial score (nSPS) is 15.5. The molecule has 0 unspecified atom stereocenters. The molecule has 0 fully saturated rings. The van der Waals surface area contributed by atoms with Gasteiger partial charge in [0, 0.05) is 22.2 Å². The molecule has 0 N–H and O–H groups in total. The number of fused-ring (bicyclic) bond motifs is 4. The van der Waals surface area contributed by atoms with Crippen LogP contribution in [0.1, 0.15) is 22.9 Å². The molecule has 2 aliphatic rings. The summed E-state index contributed by atoms with van der Waals surface area (Å²) in [5, 5.41) is 6.47. The first-order valence-corrected chi connectivity index (χ1v) is 11.7. The minimum Gasteiger partial charge on any atom is -0.450 e. The molecular formula is C20H17ClN4O3S2. The number of rotatable bonds is 2. The zero-order valence-corrected chi connectivity index (χ0v) is 18.4. The minimum absolute atomic E-state index is 0.157. The average Bonchev–Trinajstić information content (AvgIpc) is 3.12. The maximum absolute atomic E-state index is 13.3. The van der Waals surface area contributed by atoms with Crippen LogP contribution >= 0.6 is 34.7 Å². The molecule has 0 atom stereocenters. The Morgan fingerprint density at radius 3 is 2.87 bits per heavy atom. The van der Waals surface area contributed by atoms with Gasteiger partial charge in [-0.15, -0.1) is 11.3 Å². The molecule has 5 rings (SSSR count). The lowest BCUT2D eigenvalue weighted by Crippen LogP contribution is -2.36. The first-order chi connectivity index (χ1) is 14.5. The number of ether oxygens (including phenoxy) is 1. The van der Waals surface area contributed by atoms with E-state index in [1.807, 2.05) is 24.3 Å². The van der Waals surface area contributed by atoms with Crippen LogP contribution in [0.4, 0.5) is 4.79 Å². The molecule has 0 aliphatic carbocycles. The van der Waals surface area contributed by atoms with Gasteiger partial charge in [0.1, 0.15) is 4.83 Å². The zero-order chi connectivity index (χ0) is 20.8. The van der Waals surface area contributed by atoms with Gasteiger partial charge in [0.2, 0.25) is 0 Å². The summed E-state index contributed by atoms with van der Waals surface area (Å²) in [6, 6.07) is 7.43. The van der Waals surface area contributed by atoms with E-state index in [4.69, 9.17) is 21.3 Å². The molecule has 3 aromatic rings. The van der Waals surface area contributed by atoms with Gasteiger partial charge in [-0.05, 0) is 36.6 Å². The van der Waals surface area contributed by atoms with Gasteiger partial charge in [-0.25, -0.2) is 9.78 Å². The molecule has 10 heteroatoms. The summed E-state index contributed by atoms with van der Waals surface area (Å²) in [6.45, 7) is 3.09. The fraction of sp³-hybridized carbons (Fsp3) is 0.300. The lowest BCUT2D eigenvalue weighted by atomic mass is 10.1. The van der Waals surface area contributed by atoms with Crippen LogP contribution < -0.4 is 5.56 Å². The molecule has 4 heterocycles. The summed E-state index contributed by atoms with van der Waals surface area (Å²) in [4.78, 5) is 33.5. The molecular weight excluding hydrogens is 444 g/mol. The van der Waals surface area contributed by atoms with E-state index in [1.165, 1.54) is 27.8 Å². The monoisotopic (exact) mass is 460 g/mol. The van der Waals surface area contributed by atoms with E-state index < -0.39 is 0 Å². The second kappa shape index (κ2) is 7.72. The number of carbonyl (C=O) groups is 1. The van der Waals surface area contributed by atoms with E-state index in [2.05, 4.69) is 5.10 Å². The highest BCUT2D eigenvalue weighted by Gasteiger charge is 2.29. The summed E-state index contributed by atoms with van der Waals surface area (Å²) in [5.74, 6) is 0.626. The molecule has 0 bridgehead atoms. The highest BCUT2D eigenvalue weighted by atomic mass is 35.5. The van der Waals surface area contributed by atoms with Crippen molar-refractivity contribution in [3.63, 3.8) is 0 Å². The van der Waals surface area contributed by atoms with Gasteiger partial charge in [0.25, 0.3) is 5.56 Å². The van der Waals surface area contributed by atoms with Gasteiger partial charge in [-0.2, -0.15) is 9.78 Å². The second-order valence-corrected chi connectivity index (χ2v) is 9.37. The number of amides is 1. The highest BCUT2D eigenvalue weighted by Crippen LogP contribution is 2.34. The lowest BCUT2D eigenvalue weighted by molar-refractivity contribution is 0.103. The van der Waals surface area contributed by atoms with Crippen molar-refractivity contribution in [1.29, 1.82) is 0 Å². The molecule has 0 saturated carbocycles. The topological polar surface area (TPSA) is 76.8 Å². The average molecular weight is 461 g/mol. The van der Waals surface area contributed by atoms with Gasteiger partial charge in [-0.3, -0.25) is 4.79 Å². The summed E-state index contributed by atoms with van der Waals surface area (Å²) in [7, 11) is 0. The summed E-state index contributed by atoms with van der Waals surface area (Å²) >= 11 is 8.95. The van der Waals surface area contributed by atoms with Crippen molar-refractivity contribution < 1.29 is 9.53 Å². The van der Waals surface area contributed by atoms with Gasteiger partial charge >= 0.3 is 6.09 Å². The van der Waals surface area contributed by atoms with Crippen molar-refractivity contribution in [1.82, 2.24) is 14.6 Å². The van der Waals surface area contributed by atoms with Crippen molar-refractivity contribution in [3.05, 3.63) is 55.6 Å². The molecule has 1 amide bonds. The molecule has 154 valence electrons. The van der Waals surface area contributed by atoms with Crippen LogP contribution in [0.5, 0.6) is 0 Å². The molecule has 7 nitrogen and oxygen atoms in total. The third-order valence-electron chi connectivity index (χ3n) is 5.09. The Balaban J connectivity index is 1.56. The van der Waals surface area contributed by atoms with E-state index in [0.29, 0.717) is 52.3 Å². The minimum atomic E-state index is -0.322. The fourth-order valence-corrected chi connectivity index (χ4v) is 5.94. The molecule has 0 spiro atoms. The number of thiophene rings is 1. The highest BCUT2D eigenvalue weighted by molar-refractivity contribution is 7.99. The van der Waals surface area contributed by atoms with Crippen LogP contribution in [0.2, 0.25) is 5.02 Å². The predicted octanol–water partition coefficient (Wildman–Crippen LogP) is 3.98. The van der Waals surface area contributed by atoms with Gasteiger partial charge in [0.05, 0.1) is 24.2 Å². The van der Waals surface area contributed by atoms with Crippen molar-refractivity contribution in [3.8, 4) is 0 Å². The molecule has 0 radical (unpaired) electrons. The van der Waals surface area contributed by atoms with Crippen LogP contribution in [-0.4, -0.2) is 45.3 Å². The number of nitrogens with zero attached hydrogens (tertiary/aromatic N) is 4. The van der Waals surface area contributed by atoms with Crippen molar-refractivity contribution in [2.75, 3.05) is 18.9 Å². The summed E-state index contributed by atoms with van der Waals surface area (Å²) < 4.78 is 6.53. The maximum atomic E-state index is 13.3. The third-order valence-corrected chi connectivity index (χ3v) is 7.39. The molecule has 1 aromatic carbocycles. The Labute approximate surface area is 185 Å². The molecule has 2 aromatic heterocycles.